The summed E-state index contributed by atoms with van der Waals surface area (Å²) in [6, 6.07) is 0. The van der Waals surface area contributed by atoms with Crippen LogP contribution < -0.4 is 5.56 Å². The molecule has 0 aliphatic carbocycles. The van der Waals surface area contributed by atoms with Crippen molar-refractivity contribution in [1.82, 2.24) is 19.1 Å². The lowest BCUT2D eigenvalue weighted by Crippen LogP contribution is -2.28. The van der Waals surface area contributed by atoms with Crippen LogP contribution in [0, 0.1) is 5.41 Å². The molecule has 0 aromatic carbocycles. The van der Waals surface area contributed by atoms with E-state index in [0.717, 1.165) is 4.57 Å². The molecule has 3 rings (SSSR count). The summed E-state index contributed by atoms with van der Waals surface area (Å²) in [7, 11) is -4.57. The van der Waals surface area contributed by atoms with Crippen LogP contribution in [0.5, 0.6) is 0 Å². The number of aromatic nitrogens is 4. The molecule has 1 fully saturated rings. The van der Waals surface area contributed by atoms with Gasteiger partial charge in [-0.1, -0.05) is 0 Å². The highest BCUT2D eigenvalue weighted by Gasteiger charge is 2.30. The fourth-order valence-corrected chi connectivity index (χ4v) is 3.15. The number of hydrogen-bond acceptors (Lipinski definition) is 8. The number of phosphoric ester groups is 1. The molecule has 0 saturated carbocycles. The van der Waals surface area contributed by atoms with E-state index in [1.54, 1.807) is 25.3 Å². The van der Waals surface area contributed by atoms with Gasteiger partial charge in [0.25, 0.3) is 5.56 Å². The second kappa shape index (κ2) is 7.96. The number of imidazole rings is 1. The Kier molecular flexibility index (Phi) is 5.93. The molecule has 0 unspecified atom stereocenters. The molecule has 2 aromatic heterocycles. The highest BCUT2D eigenvalue weighted by Crippen LogP contribution is 2.38. The molecule has 1 aliphatic rings. The molecule has 0 radical (unpaired) electrons. The Morgan fingerprint density at radius 2 is 2.03 bits per heavy atom. The zero-order chi connectivity index (χ0) is 21.4. The van der Waals surface area contributed by atoms with E-state index in [1.807, 2.05) is 0 Å². The van der Waals surface area contributed by atoms with E-state index in [0.29, 0.717) is 18.5 Å². The van der Waals surface area contributed by atoms with E-state index < -0.39 is 37.1 Å². The van der Waals surface area contributed by atoms with Crippen LogP contribution >= 0.6 is 7.82 Å². The van der Waals surface area contributed by atoms with Crippen LogP contribution in [0.15, 0.2) is 17.4 Å². The third-order valence-corrected chi connectivity index (χ3v) is 4.81. The maximum absolute atomic E-state index is 12.6. The Morgan fingerprint density at radius 1 is 1.31 bits per heavy atom. The summed E-state index contributed by atoms with van der Waals surface area (Å²) in [6.45, 7) is 4.61. The lowest BCUT2D eigenvalue weighted by Gasteiger charge is -2.17. The van der Waals surface area contributed by atoms with Gasteiger partial charge in [-0.15, -0.1) is 0 Å². The summed E-state index contributed by atoms with van der Waals surface area (Å²) in [5.74, 6) is -0.446. The molecule has 29 heavy (non-hydrogen) atoms. The minimum Gasteiger partial charge on any atom is -0.443 e. The van der Waals surface area contributed by atoms with Crippen molar-refractivity contribution in [3.05, 3.63) is 23.0 Å². The van der Waals surface area contributed by atoms with E-state index in [9.17, 15) is 14.2 Å². The van der Waals surface area contributed by atoms with Gasteiger partial charge in [-0.05, 0) is 33.6 Å². The van der Waals surface area contributed by atoms with Gasteiger partial charge < -0.3 is 19.3 Å². The van der Waals surface area contributed by atoms with Crippen LogP contribution in [0.2, 0.25) is 0 Å². The Morgan fingerprint density at radius 3 is 2.69 bits per heavy atom. The van der Waals surface area contributed by atoms with Crippen LogP contribution in [0.25, 0.3) is 11.2 Å². The van der Waals surface area contributed by atoms with E-state index in [-0.39, 0.29) is 18.9 Å². The minimum atomic E-state index is -4.57. The van der Waals surface area contributed by atoms with E-state index >= 15 is 0 Å². The fraction of sp³-hybridized carbons (Fsp3) is 0.625. The molecule has 1 saturated heterocycles. The topological polar surface area (TPSA) is 155 Å². The maximum Gasteiger partial charge on any atom is 0.469 e. The average Bonchev–Trinajstić information content (AvgIpc) is 3.24. The van der Waals surface area contributed by atoms with Gasteiger partial charge >= 0.3 is 13.8 Å². The van der Waals surface area contributed by atoms with Crippen molar-refractivity contribution < 1.29 is 33.1 Å². The molecule has 160 valence electrons. The number of carbonyl (C=O) groups is 1. The van der Waals surface area contributed by atoms with Gasteiger partial charge in [-0.3, -0.25) is 23.2 Å². The predicted molar refractivity (Wildman–Crippen MR) is 98.5 cm³/mol. The maximum atomic E-state index is 12.6. The number of carbonyl (C=O) groups excluding carboxylic acids is 1. The summed E-state index contributed by atoms with van der Waals surface area (Å²) in [4.78, 5) is 50.4. The number of esters is 1. The first-order valence-electron chi connectivity index (χ1n) is 8.90. The summed E-state index contributed by atoms with van der Waals surface area (Å²) in [5, 5.41) is 0. The highest BCUT2D eigenvalue weighted by molar-refractivity contribution is 7.46. The van der Waals surface area contributed by atoms with Crippen molar-refractivity contribution in [2.24, 2.45) is 5.41 Å². The molecule has 0 spiro atoms. The molecule has 2 aromatic rings. The molecule has 0 bridgehead atoms. The molecule has 0 amide bonds. The van der Waals surface area contributed by atoms with Crippen LogP contribution in [0.1, 0.15) is 39.8 Å². The first-order chi connectivity index (χ1) is 13.5. The summed E-state index contributed by atoms with van der Waals surface area (Å²) < 4.78 is 28.9. The molecule has 13 heteroatoms. The monoisotopic (exact) mass is 430 g/mol. The van der Waals surface area contributed by atoms with Crippen molar-refractivity contribution in [2.45, 2.75) is 52.7 Å². The largest absolute Gasteiger partial charge is 0.469 e. The lowest BCUT2D eigenvalue weighted by molar-refractivity contribution is -0.157. The highest BCUT2D eigenvalue weighted by atomic mass is 31.2. The van der Waals surface area contributed by atoms with Crippen LogP contribution in [0.3, 0.4) is 0 Å². The average molecular weight is 430 g/mol. The SMILES string of the molecule is CC(C)(C)C(=O)OCn1cnc2c(ncn2[C@H]2CC[C@@H](COP(=O)(O)O)O2)c1=O. The number of fused-ring (bicyclic) bond motifs is 1. The third-order valence-electron chi connectivity index (χ3n) is 4.32. The molecular formula is C16H23N4O8P. The fourth-order valence-electron chi connectivity index (χ4n) is 2.79. The Labute approximate surface area is 165 Å². The zero-order valence-corrected chi connectivity index (χ0v) is 17.1. The normalized spacial score (nSPS) is 20.3. The van der Waals surface area contributed by atoms with Crippen LogP contribution in [-0.4, -0.2) is 47.6 Å². The van der Waals surface area contributed by atoms with Gasteiger partial charge in [-0.2, -0.15) is 0 Å². The van der Waals surface area contributed by atoms with Crippen LogP contribution in [-0.2, 0) is 30.1 Å². The van der Waals surface area contributed by atoms with Crippen molar-refractivity contribution in [1.29, 1.82) is 0 Å². The zero-order valence-electron chi connectivity index (χ0n) is 16.2. The molecule has 3 heterocycles. The Bertz CT molecular complexity index is 1000. The van der Waals surface area contributed by atoms with Crippen molar-refractivity contribution >= 4 is 25.0 Å². The van der Waals surface area contributed by atoms with Gasteiger partial charge in [0.05, 0.1) is 24.5 Å². The standard InChI is InChI=1S/C16H23N4O8P/c1-16(2,3)15(22)26-9-19-7-18-13-12(14(19)21)17-8-20(13)11-5-4-10(28-11)6-27-29(23,24)25/h7-8,10-11H,4-6,9H2,1-3H3,(H2,23,24,25)/t10-,11+/m0/s1. The third kappa shape index (κ3) is 5.09. The number of rotatable bonds is 6. The number of hydrogen-bond donors (Lipinski definition) is 2. The van der Waals surface area contributed by atoms with Crippen LogP contribution in [0.4, 0.5) is 0 Å². The Hall–Kier alpha value is -2.11. The first kappa shape index (κ1) is 21.6. The number of ether oxygens (including phenoxy) is 2. The first-order valence-corrected chi connectivity index (χ1v) is 10.4. The van der Waals surface area contributed by atoms with Crippen molar-refractivity contribution in [2.75, 3.05) is 6.61 Å². The summed E-state index contributed by atoms with van der Waals surface area (Å²) in [5.41, 5.74) is -0.759. The summed E-state index contributed by atoms with van der Waals surface area (Å²) in [6.07, 6.45) is 2.75. The smallest absolute Gasteiger partial charge is 0.443 e. The van der Waals surface area contributed by atoms with E-state index in [4.69, 9.17) is 19.3 Å². The quantitative estimate of drug-likeness (QED) is 0.499. The Balaban J connectivity index is 1.72. The predicted octanol–water partition coefficient (Wildman–Crippen LogP) is 0.927. The number of nitrogens with zero attached hydrogens (tertiary/aromatic N) is 4. The second-order valence-corrected chi connectivity index (χ2v) is 8.97. The van der Waals surface area contributed by atoms with E-state index in [2.05, 4.69) is 14.5 Å². The van der Waals surface area contributed by atoms with Gasteiger partial charge in [0.15, 0.2) is 17.9 Å². The van der Waals surface area contributed by atoms with Crippen molar-refractivity contribution in [3.63, 3.8) is 0 Å². The van der Waals surface area contributed by atoms with Gasteiger partial charge in [0.2, 0.25) is 0 Å². The second-order valence-electron chi connectivity index (χ2n) is 7.73. The molecule has 2 N–H and O–H groups in total. The molecular weight excluding hydrogens is 407 g/mol. The van der Waals surface area contributed by atoms with Gasteiger partial charge in [0.1, 0.15) is 12.6 Å². The molecule has 1 aliphatic heterocycles. The van der Waals surface area contributed by atoms with Crippen molar-refractivity contribution in [3.8, 4) is 0 Å². The molecule has 2 atom stereocenters. The minimum absolute atomic E-state index is 0.0952. The molecule has 12 nitrogen and oxygen atoms in total. The summed E-state index contributed by atoms with van der Waals surface area (Å²) >= 11 is 0. The van der Waals surface area contributed by atoms with E-state index in [1.165, 1.54) is 12.7 Å². The van der Waals surface area contributed by atoms with Gasteiger partial charge in [-0.25, -0.2) is 14.5 Å². The lowest BCUT2D eigenvalue weighted by atomic mass is 9.98. The number of phosphoric acid groups is 1. The van der Waals surface area contributed by atoms with Gasteiger partial charge in [0, 0.05) is 0 Å².